The van der Waals surface area contributed by atoms with E-state index in [0.717, 1.165) is 42.5 Å². The van der Waals surface area contributed by atoms with Gasteiger partial charge in [-0.3, -0.25) is 14.1 Å². The maximum atomic E-state index is 4.44. The summed E-state index contributed by atoms with van der Waals surface area (Å²) in [5, 5.41) is 19.6. The highest BCUT2D eigenvalue weighted by atomic mass is 127. The topological polar surface area (TPSA) is 84.4 Å². The first-order valence-corrected chi connectivity index (χ1v) is 8.82. The molecule has 0 saturated carbocycles. The van der Waals surface area contributed by atoms with Crippen LogP contribution in [0.2, 0.25) is 0 Å². The largest absolute Gasteiger partial charge is 0.356 e. The highest BCUT2D eigenvalue weighted by Gasteiger charge is 2.10. The van der Waals surface area contributed by atoms with Crippen LogP contribution in [0.4, 0.5) is 0 Å². The molecule has 0 aliphatic carbocycles. The van der Waals surface area contributed by atoms with Crippen LogP contribution < -0.4 is 10.6 Å². The summed E-state index contributed by atoms with van der Waals surface area (Å²) in [4.78, 5) is 4.29. The number of aliphatic imine (C=N–C) groups is 1. The van der Waals surface area contributed by atoms with Gasteiger partial charge in [-0.05, 0) is 32.4 Å². The molecule has 9 heteroatoms. The van der Waals surface area contributed by atoms with Crippen LogP contribution in [0.25, 0.3) is 5.65 Å². The van der Waals surface area contributed by atoms with E-state index in [1.807, 2.05) is 47.4 Å². The third kappa shape index (κ3) is 4.96. The zero-order chi connectivity index (χ0) is 18.5. The molecule has 0 aromatic carbocycles. The lowest BCUT2D eigenvalue weighted by molar-refractivity contribution is 0.711. The Hall–Kier alpha value is -2.17. The molecular formula is C18H27IN8. The molecule has 0 spiro atoms. The Morgan fingerprint density at radius 1 is 1.19 bits per heavy atom. The van der Waals surface area contributed by atoms with Crippen LogP contribution in [-0.4, -0.2) is 43.9 Å². The van der Waals surface area contributed by atoms with Crippen molar-refractivity contribution in [3.63, 3.8) is 0 Å². The normalized spacial score (nSPS) is 11.5. The quantitative estimate of drug-likeness (QED) is 0.243. The predicted octanol–water partition coefficient (Wildman–Crippen LogP) is 2.00. The maximum absolute atomic E-state index is 4.44. The molecule has 0 amide bonds. The number of nitrogens with zero attached hydrogens (tertiary/aromatic N) is 6. The fraction of sp³-hybridized carbons (Fsp3) is 0.444. The number of pyridine rings is 1. The van der Waals surface area contributed by atoms with E-state index in [1.54, 1.807) is 7.05 Å². The Kier molecular flexibility index (Phi) is 7.57. The van der Waals surface area contributed by atoms with E-state index in [0.29, 0.717) is 6.54 Å². The van der Waals surface area contributed by atoms with E-state index in [4.69, 9.17) is 0 Å². The Labute approximate surface area is 176 Å². The van der Waals surface area contributed by atoms with Crippen molar-refractivity contribution in [2.24, 2.45) is 12.0 Å². The molecule has 3 aromatic rings. The molecule has 3 rings (SSSR count). The fourth-order valence-electron chi connectivity index (χ4n) is 2.98. The van der Waals surface area contributed by atoms with Crippen LogP contribution in [0.15, 0.2) is 29.4 Å². The van der Waals surface area contributed by atoms with E-state index in [-0.39, 0.29) is 24.0 Å². The SMILES string of the molecule is CN=C(NCCCc1nnc2ccccn12)NCc1c(C)nn(C)c1C.I. The lowest BCUT2D eigenvalue weighted by atomic mass is 10.2. The Balaban J connectivity index is 0.00000261. The van der Waals surface area contributed by atoms with Gasteiger partial charge in [0.1, 0.15) is 5.82 Å². The minimum absolute atomic E-state index is 0. The number of guanidine groups is 1. The molecule has 2 N–H and O–H groups in total. The first kappa shape index (κ1) is 21.1. The summed E-state index contributed by atoms with van der Waals surface area (Å²) >= 11 is 0. The molecule has 3 aromatic heterocycles. The summed E-state index contributed by atoms with van der Waals surface area (Å²) in [6.07, 6.45) is 3.80. The number of halogens is 1. The first-order chi connectivity index (χ1) is 12.6. The minimum Gasteiger partial charge on any atom is -0.356 e. The fourth-order valence-corrected chi connectivity index (χ4v) is 2.98. The Bertz CT molecular complexity index is 911. The van der Waals surface area contributed by atoms with Gasteiger partial charge in [0.05, 0.1) is 5.69 Å². The van der Waals surface area contributed by atoms with E-state index in [1.165, 1.54) is 11.3 Å². The van der Waals surface area contributed by atoms with Crippen molar-refractivity contribution in [2.75, 3.05) is 13.6 Å². The summed E-state index contributed by atoms with van der Waals surface area (Å²) in [6.45, 7) is 5.63. The number of rotatable bonds is 6. The summed E-state index contributed by atoms with van der Waals surface area (Å²) in [5.74, 6) is 1.77. The minimum atomic E-state index is 0. The Morgan fingerprint density at radius 3 is 2.70 bits per heavy atom. The van der Waals surface area contributed by atoms with Crippen molar-refractivity contribution in [2.45, 2.75) is 33.2 Å². The standard InChI is InChI=1S/C18H26N8.HI/c1-13-15(14(2)25(4)24-13)12-21-18(19-3)20-10-7-9-17-23-22-16-8-5-6-11-26(16)17;/h5-6,8,11H,7,9-10,12H2,1-4H3,(H2,19,20,21);1H. The van der Waals surface area contributed by atoms with Crippen LogP contribution >= 0.6 is 24.0 Å². The third-order valence-electron chi connectivity index (χ3n) is 4.57. The van der Waals surface area contributed by atoms with Gasteiger partial charge in [0, 0.05) is 51.1 Å². The smallest absolute Gasteiger partial charge is 0.191 e. The van der Waals surface area contributed by atoms with Gasteiger partial charge in [0.15, 0.2) is 11.6 Å². The van der Waals surface area contributed by atoms with Crippen LogP contribution in [-0.2, 0) is 20.0 Å². The lowest BCUT2D eigenvalue weighted by Gasteiger charge is -2.12. The highest BCUT2D eigenvalue weighted by Crippen LogP contribution is 2.11. The van der Waals surface area contributed by atoms with E-state index < -0.39 is 0 Å². The van der Waals surface area contributed by atoms with Gasteiger partial charge in [-0.15, -0.1) is 34.2 Å². The van der Waals surface area contributed by atoms with Crippen molar-refractivity contribution >= 4 is 35.6 Å². The second-order valence-electron chi connectivity index (χ2n) is 6.27. The molecule has 8 nitrogen and oxygen atoms in total. The molecule has 0 atom stereocenters. The second-order valence-corrected chi connectivity index (χ2v) is 6.27. The summed E-state index contributed by atoms with van der Waals surface area (Å²) < 4.78 is 3.94. The number of nitrogens with one attached hydrogen (secondary N) is 2. The van der Waals surface area contributed by atoms with Gasteiger partial charge >= 0.3 is 0 Å². The van der Waals surface area contributed by atoms with Crippen molar-refractivity contribution in [3.8, 4) is 0 Å². The van der Waals surface area contributed by atoms with Gasteiger partial charge < -0.3 is 10.6 Å². The monoisotopic (exact) mass is 482 g/mol. The van der Waals surface area contributed by atoms with Crippen LogP contribution in [0, 0.1) is 13.8 Å². The molecule has 3 heterocycles. The molecule has 146 valence electrons. The number of hydrogen-bond donors (Lipinski definition) is 2. The summed E-state index contributed by atoms with van der Waals surface area (Å²) in [6, 6.07) is 5.92. The van der Waals surface area contributed by atoms with Gasteiger partial charge in [-0.1, -0.05) is 6.07 Å². The molecule has 0 unspecified atom stereocenters. The lowest BCUT2D eigenvalue weighted by Crippen LogP contribution is -2.37. The van der Waals surface area contributed by atoms with E-state index >= 15 is 0 Å². The molecule has 0 aliphatic rings. The Morgan fingerprint density at radius 2 is 2.00 bits per heavy atom. The van der Waals surface area contributed by atoms with E-state index in [2.05, 4.69) is 37.8 Å². The highest BCUT2D eigenvalue weighted by molar-refractivity contribution is 14.0. The molecule has 27 heavy (non-hydrogen) atoms. The first-order valence-electron chi connectivity index (χ1n) is 8.82. The molecule has 0 bridgehead atoms. The van der Waals surface area contributed by atoms with Crippen molar-refractivity contribution < 1.29 is 0 Å². The van der Waals surface area contributed by atoms with Gasteiger partial charge in [-0.2, -0.15) is 5.10 Å². The van der Waals surface area contributed by atoms with Crippen LogP contribution in [0.3, 0.4) is 0 Å². The molecule has 0 saturated heterocycles. The van der Waals surface area contributed by atoms with Gasteiger partial charge in [0.25, 0.3) is 0 Å². The molecule has 0 aliphatic heterocycles. The van der Waals surface area contributed by atoms with Gasteiger partial charge in [-0.25, -0.2) is 0 Å². The third-order valence-corrected chi connectivity index (χ3v) is 4.57. The van der Waals surface area contributed by atoms with E-state index in [9.17, 15) is 0 Å². The van der Waals surface area contributed by atoms with Gasteiger partial charge in [0.2, 0.25) is 0 Å². The zero-order valence-corrected chi connectivity index (χ0v) is 18.6. The van der Waals surface area contributed by atoms with Crippen molar-refractivity contribution in [1.82, 2.24) is 35.0 Å². The van der Waals surface area contributed by atoms with Crippen molar-refractivity contribution in [1.29, 1.82) is 0 Å². The predicted molar refractivity (Wildman–Crippen MR) is 118 cm³/mol. The summed E-state index contributed by atoms with van der Waals surface area (Å²) in [7, 11) is 3.75. The zero-order valence-electron chi connectivity index (χ0n) is 16.2. The molecule has 0 fully saturated rings. The number of aromatic nitrogens is 5. The maximum Gasteiger partial charge on any atom is 0.191 e. The van der Waals surface area contributed by atoms with Crippen molar-refractivity contribution in [3.05, 3.63) is 47.2 Å². The molecule has 0 radical (unpaired) electrons. The van der Waals surface area contributed by atoms with Crippen LogP contribution in [0.1, 0.15) is 29.2 Å². The molecular weight excluding hydrogens is 455 g/mol. The number of hydrogen-bond acceptors (Lipinski definition) is 4. The van der Waals surface area contributed by atoms with Crippen LogP contribution in [0.5, 0.6) is 0 Å². The summed E-state index contributed by atoms with van der Waals surface area (Å²) in [5.41, 5.74) is 4.32. The average molecular weight is 482 g/mol. The number of fused-ring (bicyclic) bond motifs is 1. The average Bonchev–Trinajstić information content (AvgIpc) is 3.16. The second kappa shape index (κ2) is 9.67. The number of aryl methyl sites for hydroxylation is 3.